The van der Waals surface area contributed by atoms with Crippen LogP contribution in [0, 0.1) is 6.92 Å². The lowest BCUT2D eigenvalue weighted by atomic mass is 10.1. The molecule has 0 atom stereocenters. The van der Waals surface area contributed by atoms with E-state index < -0.39 is 0 Å². The molecule has 0 radical (unpaired) electrons. The van der Waals surface area contributed by atoms with E-state index in [0.29, 0.717) is 19.8 Å². The van der Waals surface area contributed by atoms with Crippen LogP contribution < -0.4 is 14.8 Å². The largest absolute Gasteiger partial charge is 0.493 e. The van der Waals surface area contributed by atoms with Crippen molar-refractivity contribution in [2.45, 2.75) is 13.5 Å². The fourth-order valence-electron chi connectivity index (χ4n) is 2.21. The van der Waals surface area contributed by atoms with Crippen molar-refractivity contribution in [2.24, 2.45) is 0 Å². The van der Waals surface area contributed by atoms with Crippen LogP contribution in [0.4, 0.5) is 5.69 Å². The van der Waals surface area contributed by atoms with E-state index in [9.17, 15) is 0 Å². The minimum absolute atomic E-state index is 0.494. The van der Waals surface area contributed by atoms with Crippen molar-refractivity contribution >= 4 is 5.69 Å². The molecule has 4 heteroatoms. The average molecular weight is 301 g/mol. The summed E-state index contributed by atoms with van der Waals surface area (Å²) in [6, 6.07) is 14.1. The van der Waals surface area contributed by atoms with Gasteiger partial charge >= 0.3 is 0 Å². The Hall–Kier alpha value is -2.20. The number of hydrogen-bond acceptors (Lipinski definition) is 4. The van der Waals surface area contributed by atoms with E-state index >= 15 is 0 Å². The molecule has 0 aromatic heterocycles. The highest BCUT2D eigenvalue weighted by atomic mass is 16.5. The normalized spacial score (nSPS) is 10.3. The van der Waals surface area contributed by atoms with Gasteiger partial charge in [0.05, 0.1) is 13.7 Å². The Morgan fingerprint density at radius 2 is 1.77 bits per heavy atom. The number of para-hydroxylation sites is 2. The first-order valence-corrected chi connectivity index (χ1v) is 7.33. The zero-order valence-corrected chi connectivity index (χ0v) is 13.4. The molecule has 0 heterocycles. The molecular formula is C18H23NO3. The van der Waals surface area contributed by atoms with Crippen LogP contribution in [-0.2, 0) is 11.3 Å². The fourth-order valence-corrected chi connectivity index (χ4v) is 2.21. The lowest BCUT2D eigenvalue weighted by Gasteiger charge is -2.16. The van der Waals surface area contributed by atoms with Crippen LogP contribution in [0.15, 0.2) is 42.5 Å². The molecule has 0 bridgehead atoms. The van der Waals surface area contributed by atoms with E-state index in [-0.39, 0.29) is 0 Å². The molecule has 2 aromatic rings. The summed E-state index contributed by atoms with van der Waals surface area (Å²) in [6.07, 6.45) is 0. The van der Waals surface area contributed by atoms with Gasteiger partial charge in [0, 0.05) is 24.9 Å². The van der Waals surface area contributed by atoms with Gasteiger partial charge in [-0.15, -0.1) is 0 Å². The Balaban J connectivity index is 2.13. The molecule has 4 nitrogen and oxygen atoms in total. The highest BCUT2D eigenvalue weighted by Crippen LogP contribution is 2.31. The van der Waals surface area contributed by atoms with Gasteiger partial charge in [0.2, 0.25) is 0 Å². The smallest absolute Gasteiger partial charge is 0.166 e. The van der Waals surface area contributed by atoms with Crippen LogP contribution in [-0.4, -0.2) is 27.4 Å². The molecule has 0 saturated heterocycles. The summed E-state index contributed by atoms with van der Waals surface area (Å²) in [6.45, 7) is 3.80. The molecule has 0 amide bonds. The molecule has 2 aromatic carbocycles. The van der Waals surface area contributed by atoms with Crippen molar-refractivity contribution in [1.82, 2.24) is 0 Å². The second-order valence-electron chi connectivity index (χ2n) is 4.96. The van der Waals surface area contributed by atoms with Crippen molar-refractivity contribution in [2.75, 3.05) is 32.8 Å². The van der Waals surface area contributed by atoms with Crippen molar-refractivity contribution in [3.63, 3.8) is 0 Å². The highest BCUT2D eigenvalue weighted by molar-refractivity contribution is 5.53. The summed E-state index contributed by atoms with van der Waals surface area (Å²) in [4.78, 5) is 0. The third kappa shape index (κ3) is 4.15. The van der Waals surface area contributed by atoms with Crippen molar-refractivity contribution in [1.29, 1.82) is 0 Å². The maximum absolute atomic E-state index is 5.83. The van der Waals surface area contributed by atoms with Gasteiger partial charge in [-0.1, -0.05) is 30.3 Å². The lowest BCUT2D eigenvalue weighted by molar-refractivity contribution is 0.143. The van der Waals surface area contributed by atoms with Gasteiger partial charge in [-0.2, -0.15) is 0 Å². The first-order valence-electron chi connectivity index (χ1n) is 7.33. The monoisotopic (exact) mass is 301 g/mol. The van der Waals surface area contributed by atoms with Crippen LogP contribution in [0.25, 0.3) is 0 Å². The van der Waals surface area contributed by atoms with Gasteiger partial charge in [0.1, 0.15) is 6.61 Å². The third-order valence-electron chi connectivity index (χ3n) is 3.43. The quantitative estimate of drug-likeness (QED) is 0.756. The summed E-state index contributed by atoms with van der Waals surface area (Å²) >= 11 is 0. The minimum Gasteiger partial charge on any atom is -0.493 e. The number of ether oxygens (including phenoxy) is 3. The van der Waals surface area contributed by atoms with Crippen LogP contribution in [0.3, 0.4) is 0 Å². The van der Waals surface area contributed by atoms with Gasteiger partial charge < -0.3 is 19.5 Å². The number of aryl methyl sites for hydroxylation is 1. The summed E-state index contributed by atoms with van der Waals surface area (Å²) in [7, 11) is 3.31. The number of rotatable bonds is 8. The Morgan fingerprint density at radius 1 is 0.955 bits per heavy atom. The number of anilines is 1. The Bertz CT molecular complexity index is 599. The topological polar surface area (TPSA) is 39.7 Å². The summed E-state index contributed by atoms with van der Waals surface area (Å²) < 4.78 is 16.3. The summed E-state index contributed by atoms with van der Waals surface area (Å²) in [5.74, 6) is 1.50. The number of hydrogen-bond donors (Lipinski definition) is 1. The minimum atomic E-state index is 0.494. The highest BCUT2D eigenvalue weighted by Gasteiger charge is 2.10. The molecule has 22 heavy (non-hydrogen) atoms. The molecule has 2 rings (SSSR count). The third-order valence-corrected chi connectivity index (χ3v) is 3.43. The lowest BCUT2D eigenvalue weighted by Crippen LogP contribution is -2.09. The first kappa shape index (κ1) is 16.2. The SMILES string of the molecule is COCCOc1c(CNc2ccccc2C)cccc1OC. The Morgan fingerprint density at radius 3 is 2.50 bits per heavy atom. The standard InChI is InChI=1S/C18H23NO3/c1-14-7-4-5-9-16(14)19-13-15-8-6-10-17(21-3)18(15)22-12-11-20-2/h4-10,19H,11-13H2,1-3H3. The first-order chi connectivity index (χ1) is 10.8. The zero-order valence-electron chi connectivity index (χ0n) is 13.4. The number of nitrogens with one attached hydrogen (secondary N) is 1. The second kappa shape index (κ2) is 8.29. The van der Waals surface area contributed by atoms with Gasteiger partial charge in [0.15, 0.2) is 11.5 Å². The summed E-state index contributed by atoms with van der Waals surface area (Å²) in [5, 5.41) is 3.44. The molecule has 1 N–H and O–H groups in total. The molecule has 0 aliphatic heterocycles. The zero-order chi connectivity index (χ0) is 15.8. The van der Waals surface area contributed by atoms with E-state index in [1.165, 1.54) is 5.56 Å². The van der Waals surface area contributed by atoms with Crippen LogP contribution in [0.1, 0.15) is 11.1 Å². The molecule has 0 aliphatic rings. The van der Waals surface area contributed by atoms with Crippen LogP contribution >= 0.6 is 0 Å². The predicted octanol–water partition coefficient (Wildman–Crippen LogP) is 3.64. The molecule has 0 saturated carbocycles. The average Bonchev–Trinajstić information content (AvgIpc) is 2.55. The molecular weight excluding hydrogens is 278 g/mol. The molecule has 0 spiro atoms. The van der Waals surface area contributed by atoms with Crippen LogP contribution in [0.2, 0.25) is 0 Å². The van der Waals surface area contributed by atoms with Crippen molar-refractivity contribution < 1.29 is 14.2 Å². The fraction of sp³-hybridized carbons (Fsp3) is 0.333. The summed E-state index contributed by atoms with van der Waals surface area (Å²) in [5.41, 5.74) is 3.39. The van der Waals surface area contributed by atoms with Gasteiger partial charge in [-0.3, -0.25) is 0 Å². The van der Waals surface area contributed by atoms with Crippen LogP contribution in [0.5, 0.6) is 11.5 Å². The van der Waals surface area contributed by atoms with E-state index in [1.54, 1.807) is 14.2 Å². The number of methoxy groups -OCH3 is 2. The molecule has 0 aliphatic carbocycles. The Labute approximate surface area is 132 Å². The maximum Gasteiger partial charge on any atom is 0.166 e. The van der Waals surface area contributed by atoms with Crippen molar-refractivity contribution in [3.05, 3.63) is 53.6 Å². The molecule has 0 fully saturated rings. The maximum atomic E-state index is 5.83. The van der Waals surface area contributed by atoms with E-state index in [0.717, 1.165) is 22.7 Å². The number of benzene rings is 2. The van der Waals surface area contributed by atoms with Gasteiger partial charge in [-0.05, 0) is 24.6 Å². The van der Waals surface area contributed by atoms with E-state index in [4.69, 9.17) is 14.2 Å². The predicted molar refractivity (Wildman–Crippen MR) is 88.9 cm³/mol. The molecule has 118 valence electrons. The van der Waals surface area contributed by atoms with Crippen molar-refractivity contribution in [3.8, 4) is 11.5 Å². The Kier molecular flexibility index (Phi) is 6.10. The van der Waals surface area contributed by atoms with E-state index in [2.05, 4.69) is 24.4 Å². The van der Waals surface area contributed by atoms with Gasteiger partial charge in [0.25, 0.3) is 0 Å². The second-order valence-corrected chi connectivity index (χ2v) is 4.96. The van der Waals surface area contributed by atoms with E-state index in [1.807, 2.05) is 30.3 Å². The van der Waals surface area contributed by atoms with Gasteiger partial charge in [-0.25, -0.2) is 0 Å². The molecule has 0 unspecified atom stereocenters.